The van der Waals surface area contributed by atoms with Gasteiger partial charge in [0.15, 0.2) is 22.6 Å². The smallest absolute Gasteiger partial charge is 0.275 e. The van der Waals surface area contributed by atoms with Crippen LogP contribution in [-0.4, -0.2) is 12.7 Å². The fraction of sp³-hybridized carbons (Fsp3) is 0.0741. The Kier molecular flexibility index (Phi) is 6.04. The van der Waals surface area contributed by atoms with Crippen molar-refractivity contribution in [2.24, 2.45) is 7.05 Å². The van der Waals surface area contributed by atoms with Crippen molar-refractivity contribution in [1.29, 1.82) is 0 Å². The highest BCUT2D eigenvalue weighted by atomic mass is 32.2. The number of fused-ring (bicyclic) bond motifs is 1. The van der Waals surface area contributed by atoms with Crippen LogP contribution < -0.4 is 21.8 Å². The van der Waals surface area contributed by atoms with Crippen LogP contribution in [0.25, 0.3) is 22.0 Å². The van der Waals surface area contributed by atoms with E-state index >= 15 is 0 Å². The number of rotatable bonds is 5. The summed E-state index contributed by atoms with van der Waals surface area (Å²) in [4.78, 5) is 13.7. The number of hydrogen-bond donors (Lipinski definition) is 2. The number of ether oxygens (including phenoxy) is 1. The summed E-state index contributed by atoms with van der Waals surface area (Å²) in [5.41, 5.74) is 14.3. The third-order valence-corrected chi connectivity index (χ3v) is 7.32. The summed E-state index contributed by atoms with van der Waals surface area (Å²) < 4.78 is 49.8. The third kappa shape index (κ3) is 4.36. The highest BCUT2D eigenvalue weighted by Crippen LogP contribution is 2.41. The van der Waals surface area contributed by atoms with Crippen molar-refractivity contribution < 1.29 is 17.7 Å². The first-order chi connectivity index (χ1) is 17.6. The van der Waals surface area contributed by atoms with Gasteiger partial charge in [-0.3, -0.25) is 8.77 Å². The molecule has 4 N–H and O–H groups in total. The van der Waals surface area contributed by atoms with E-state index in [1.165, 1.54) is 20.7 Å². The van der Waals surface area contributed by atoms with Crippen LogP contribution in [0.4, 0.5) is 20.2 Å². The molecule has 0 aliphatic carbocycles. The van der Waals surface area contributed by atoms with Crippen LogP contribution in [0.2, 0.25) is 0 Å². The molecule has 2 aromatic heterocycles. The molecule has 0 spiro atoms. The zero-order chi connectivity index (χ0) is 26.4. The van der Waals surface area contributed by atoms with Gasteiger partial charge in [-0.25, -0.2) is 13.0 Å². The van der Waals surface area contributed by atoms with Gasteiger partial charge < -0.3 is 20.8 Å². The zero-order valence-electron chi connectivity index (χ0n) is 19.9. The van der Waals surface area contributed by atoms with Crippen molar-refractivity contribution in [3.05, 3.63) is 101 Å². The molecule has 7 nitrogen and oxygen atoms in total. The van der Waals surface area contributed by atoms with E-state index in [1.54, 1.807) is 43.7 Å². The van der Waals surface area contributed by atoms with Gasteiger partial charge in [-0.2, -0.15) is 0 Å². The molecule has 1 unspecified atom stereocenters. The molecule has 0 saturated carbocycles. The maximum atomic E-state index is 14.4. The predicted octanol–water partition coefficient (Wildman–Crippen LogP) is 5.12. The fourth-order valence-corrected chi connectivity index (χ4v) is 5.14. The quantitative estimate of drug-likeness (QED) is 0.313. The Morgan fingerprint density at radius 2 is 1.59 bits per heavy atom. The molecule has 37 heavy (non-hydrogen) atoms. The molecule has 5 rings (SSSR count). The van der Waals surface area contributed by atoms with Gasteiger partial charge in [-0.15, -0.1) is 0 Å². The van der Waals surface area contributed by atoms with E-state index in [1.807, 2.05) is 19.1 Å². The van der Waals surface area contributed by atoms with E-state index < -0.39 is 22.6 Å². The minimum Gasteiger partial charge on any atom is -0.454 e. The van der Waals surface area contributed by atoms with Crippen LogP contribution in [0.1, 0.15) is 5.56 Å². The number of aromatic nitrogens is 2. The van der Waals surface area contributed by atoms with Crippen LogP contribution in [0.5, 0.6) is 11.5 Å². The normalized spacial score (nSPS) is 12.1. The van der Waals surface area contributed by atoms with Crippen molar-refractivity contribution in [1.82, 2.24) is 8.54 Å². The van der Waals surface area contributed by atoms with Crippen molar-refractivity contribution in [3.8, 4) is 22.6 Å². The van der Waals surface area contributed by atoms with E-state index in [0.29, 0.717) is 27.5 Å². The van der Waals surface area contributed by atoms with E-state index in [2.05, 4.69) is 0 Å². The van der Waals surface area contributed by atoms with Crippen molar-refractivity contribution >= 4 is 33.3 Å². The van der Waals surface area contributed by atoms with Gasteiger partial charge in [0.05, 0.1) is 16.3 Å². The summed E-state index contributed by atoms with van der Waals surface area (Å²) in [7, 11) is -0.122. The zero-order valence-corrected chi connectivity index (χ0v) is 20.7. The van der Waals surface area contributed by atoms with Gasteiger partial charge in [0.2, 0.25) is 0 Å². The summed E-state index contributed by atoms with van der Waals surface area (Å²) in [6.45, 7) is 1.93. The number of nitrogens with zero attached hydrogens (tertiary/aromatic N) is 2. The molecule has 1 atom stereocenters. The lowest BCUT2D eigenvalue weighted by Crippen LogP contribution is -2.20. The Balaban J connectivity index is 1.72. The molecule has 10 heteroatoms. The van der Waals surface area contributed by atoms with Gasteiger partial charge in [-0.1, -0.05) is 17.7 Å². The van der Waals surface area contributed by atoms with E-state index in [0.717, 1.165) is 11.6 Å². The molecule has 3 aromatic carbocycles. The maximum Gasteiger partial charge on any atom is 0.275 e. The Hall–Kier alpha value is -4.44. The van der Waals surface area contributed by atoms with E-state index in [9.17, 15) is 17.8 Å². The highest BCUT2D eigenvalue weighted by Gasteiger charge is 2.21. The summed E-state index contributed by atoms with van der Waals surface area (Å²) >= 11 is 0. The molecular formula is C27H22F2N4O3S. The summed E-state index contributed by atoms with van der Waals surface area (Å²) in [6.07, 6.45) is 3.16. The lowest BCUT2D eigenvalue weighted by atomic mass is 10.0. The average Bonchev–Trinajstić information content (AvgIpc) is 3.31. The van der Waals surface area contributed by atoms with Crippen molar-refractivity contribution in [2.45, 2.75) is 11.8 Å². The number of nitrogen functional groups attached to an aromatic ring is 2. The highest BCUT2D eigenvalue weighted by molar-refractivity contribution is 7.83. The Morgan fingerprint density at radius 1 is 0.892 bits per heavy atom. The van der Waals surface area contributed by atoms with E-state index in [4.69, 9.17) is 16.2 Å². The number of aryl methyl sites for hydroxylation is 2. The SMILES string of the molecule is Cc1ccc(S(=O)n2ccc3c(-c4cc(N)c(N)cc4Oc4ccc(F)cc4F)cn(C)c(=O)c32)cc1. The van der Waals surface area contributed by atoms with Gasteiger partial charge in [0.25, 0.3) is 5.56 Å². The number of anilines is 2. The maximum absolute atomic E-state index is 14.4. The average molecular weight is 521 g/mol. The van der Waals surface area contributed by atoms with Crippen LogP contribution in [-0.2, 0) is 18.0 Å². The largest absolute Gasteiger partial charge is 0.454 e. The lowest BCUT2D eigenvalue weighted by molar-refractivity contribution is 0.439. The standard InChI is InChI=1S/C27H22F2N4O3S/c1-15-3-6-17(7-4-15)37(35)33-10-9-18-20(14-32(2)27(34)26(18)33)19-12-22(30)23(31)13-25(19)36-24-8-5-16(28)11-21(24)29/h3-14H,30-31H2,1-2H3. The lowest BCUT2D eigenvalue weighted by Gasteiger charge is -2.16. The van der Waals surface area contributed by atoms with E-state index in [-0.39, 0.29) is 33.9 Å². The molecule has 0 amide bonds. The number of halogens is 2. The number of pyridine rings is 1. The minimum atomic E-state index is -1.69. The number of hydrogen-bond acceptors (Lipinski definition) is 5. The first kappa shape index (κ1) is 24.3. The van der Waals surface area contributed by atoms with Gasteiger partial charge in [0.1, 0.15) is 17.1 Å². The fourth-order valence-electron chi connectivity index (χ4n) is 4.03. The molecule has 5 aromatic rings. The molecule has 0 fully saturated rings. The second-order valence-corrected chi connectivity index (χ2v) is 9.94. The second kappa shape index (κ2) is 9.21. The Labute approximate surface area is 213 Å². The van der Waals surface area contributed by atoms with Crippen LogP contribution in [0.3, 0.4) is 0 Å². The molecule has 0 radical (unpaired) electrons. The molecule has 188 valence electrons. The first-order valence-electron chi connectivity index (χ1n) is 11.2. The minimum absolute atomic E-state index is 0.143. The van der Waals surface area contributed by atoms with Crippen molar-refractivity contribution in [2.75, 3.05) is 11.5 Å². The summed E-state index contributed by atoms with van der Waals surface area (Å²) in [5.74, 6) is -1.72. The predicted molar refractivity (Wildman–Crippen MR) is 141 cm³/mol. The summed E-state index contributed by atoms with van der Waals surface area (Å²) in [5, 5.41) is 0.483. The molecule has 0 saturated heterocycles. The Morgan fingerprint density at radius 3 is 2.30 bits per heavy atom. The van der Waals surface area contributed by atoms with Gasteiger partial charge in [0, 0.05) is 48.1 Å². The topological polar surface area (TPSA) is 105 Å². The summed E-state index contributed by atoms with van der Waals surface area (Å²) in [6, 6.07) is 14.8. The second-order valence-electron chi connectivity index (χ2n) is 8.58. The molecule has 0 bridgehead atoms. The molecule has 0 aliphatic rings. The van der Waals surface area contributed by atoms with Gasteiger partial charge in [-0.05, 0) is 43.3 Å². The van der Waals surface area contributed by atoms with Crippen LogP contribution >= 0.6 is 0 Å². The molecule has 0 aliphatic heterocycles. The first-order valence-corrected chi connectivity index (χ1v) is 12.3. The molecular weight excluding hydrogens is 498 g/mol. The molecule has 2 heterocycles. The van der Waals surface area contributed by atoms with Crippen LogP contribution in [0.15, 0.2) is 82.7 Å². The number of benzene rings is 3. The van der Waals surface area contributed by atoms with Crippen molar-refractivity contribution in [3.63, 3.8) is 0 Å². The third-order valence-electron chi connectivity index (χ3n) is 5.98. The Bertz CT molecular complexity index is 1760. The van der Waals surface area contributed by atoms with Crippen LogP contribution in [0, 0.1) is 18.6 Å². The monoisotopic (exact) mass is 520 g/mol. The number of nitrogens with two attached hydrogens (primary N) is 2. The van der Waals surface area contributed by atoms with Gasteiger partial charge >= 0.3 is 0 Å².